The van der Waals surface area contributed by atoms with Crippen LogP contribution in [-0.2, 0) is 10.0 Å². The molecule has 4 aromatic rings. The molecule has 0 aliphatic rings. The highest BCUT2D eigenvalue weighted by Gasteiger charge is 2.30. The second-order valence-corrected chi connectivity index (χ2v) is 10.7. The first kappa shape index (κ1) is 26.6. The van der Waals surface area contributed by atoms with Gasteiger partial charge in [0.25, 0.3) is 15.9 Å². The number of nitrogens with zero attached hydrogens (tertiary/aromatic N) is 4. The Morgan fingerprint density at radius 1 is 1.11 bits per heavy atom. The van der Waals surface area contributed by atoms with Crippen LogP contribution in [0.3, 0.4) is 0 Å². The number of aromatic amines is 1. The molecular formula is C23H23ClF3N7O2S. The molecule has 0 bridgehead atoms. The molecule has 9 nitrogen and oxygen atoms in total. The second kappa shape index (κ2) is 10.1. The van der Waals surface area contributed by atoms with Gasteiger partial charge in [-0.25, -0.2) is 31.6 Å². The van der Waals surface area contributed by atoms with E-state index in [-0.39, 0.29) is 22.4 Å². The molecule has 2 aromatic heterocycles. The van der Waals surface area contributed by atoms with E-state index in [1.54, 1.807) is 33.2 Å². The molecule has 2 aromatic carbocycles. The Labute approximate surface area is 216 Å². The van der Waals surface area contributed by atoms with Gasteiger partial charge in [-0.1, -0.05) is 17.7 Å². The normalized spacial score (nSPS) is 12.3. The largest absolute Gasteiger partial charge is 0.363 e. The lowest BCUT2D eigenvalue weighted by molar-refractivity contribution is -0.00806. The molecule has 0 atom stereocenters. The minimum absolute atomic E-state index is 0.156. The third kappa shape index (κ3) is 5.95. The Kier molecular flexibility index (Phi) is 7.31. The lowest BCUT2D eigenvalue weighted by atomic mass is 10.2. The van der Waals surface area contributed by atoms with E-state index in [1.807, 2.05) is 0 Å². The van der Waals surface area contributed by atoms with Gasteiger partial charge in [0.2, 0.25) is 0 Å². The third-order valence-corrected chi connectivity index (χ3v) is 6.95. The number of hydrogen-bond acceptors (Lipinski definition) is 7. The van der Waals surface area contributed by atoms with Crippen molar-refractivity contribution in [3.05, 3.63) is 59.0 Å². The van der Waals surface area contributed by atoms with Gasteiger partial charge in [0.05, 0.1) is 29.2 Å². The van der Waals surface area contributed by atoms with Crippen LogP contribution in [0.4, 0.5) is 24.7 Å². The van der Waals surface area contributed by atoms with Crippen LogP contribution < -0.4 is 10.0 Å². The number of sulfonamides is 1. The molecule has 0 unspecified atom stereocenters. The van der Waals surface area contributed by atoms with Crippen LogP contribution in [-0.4, -0.2) is 66.6 Å². The standard InChI is InChI=1S/C23H23ClF3N7O2S/c1-13-18-21(28-11-23(26,27)12-34(2)3)29-20(30-22(18)32-31-13)14-7-9-15(10-8-14)33-37(35,36)17-6-4-5-16(24)19(17)25/h4-10,33H,11-12H2,1-3H3,(H2,28,29,30,31,32). The summed E-state index contributed by atoms with van der Waals surface area (Å²) in [6, 6.07) is 9.65. The predicted molar refractivity (Wildman–Crippen MR) is 136 cm³/mol. The zero-order valence-corrected chi connectivity index (χ0v) is 21.6. The Morgan fingerprint density at radius 2 is 1.81 bits per heavy atom. The van der Waals surface area contributed by atoms with Crippen molar-refractivity contribution >= 4 is 44.2 Å². The van der Waals surface area contributed by atoms with Crippen molar-refractivity contribution in [1.29, 1.82) is 0 Å². The number of halogens is 4. The molecule has 0 saturated carbocycles. The van der Waals surface area contributed by atoms with Gasteiger partial charge in [-0.2, -0.15) is 5.10 Å². The molecule has 0 amide bonds. The summed E-state index contributed by atoms with van der Waals surface area (Å²) >= 11 is 5.70. The van der Waals surface area contributed by atoms with Gasteiger partial charge in [0.15, 0.2) is 17.3 Å². The van der Waals surface area contributed by atoms with Crippen LogP contribution in [0.25, 0.3) is 22.4 Å². The maximum absolute atomic E-state index is 14.3. The molecule has 3 N–H and O–H groups in total. The second-order valence-electron chi connectivity index (χ2n) is 8.61. The first-order chi connectivity index (χ1) is 17.4. The zero-order chi connectivity index (χ0) is 27.0. The van der Waals surface area contributed by atoms with Crippen LogP contribution in [0.1, 0.15) is 5.69 Å². The highest BCUT2D eigenvalue weighted by molar-refractivity contribution is 7.92. The van der Waals surface area contributed by atoms with E-state index in [9.17, 15) is 21.6 Å². The number of rotatable bonds is 9. The lowest BCUT2D eigenvalue weighted by Gasteiger charge is -2.21. The molecule has 0 spiro atoms. The molecule has 0 radical (unpaired) electrons. The summed E-state index contributed by atoms with van der Waals surface area (Å²) in [7, 11) is -1.13. The minimum atomic E-state index is -4.25. The molecule has 0 aliphatic carbocycles. The van der Waals surface area contributed by atoms with Crippen molar-refractivity contribution < 1.29 is 21.6 Å². The van der Waals surface area contributed by atoms with Gasteiger partial charge in [0, 0.05) is 11.3 Å². The maximum atomic E-state index is 14.3. The summed E-state index contributed by atoms with van der Waals surface area (Å²) < 4.78 is 70.4. The van der Waals surface area contributed by atoms with Crippen molar-refractivity contribution in [2.24, 2.45) is 0 Å². The summed E-state index contributed by atoms with van der Waals surface area (Å²) in [5.74, 6) is -3.68. The van der Waals surface area contributed by atoms with Crippen LogP contribution in [0.15, 0.2) is 47.4 Å². The lowest BCUT2D eigenvalue weighted by Crippen LogP contribution is -2.38. The highest BCUT2D eigenvalue weighted by atomic mass is 35.5. The summed E-state index contributed by atoms with van der Waals surface area (Å²) in [6.07, 6.45) is 0. The minimum Gasteiger partial charge on any atom is -0.363 e. The van der Waals surface area contributed by atoms with Crippen molar-refractivity contribution in [2.75, 3.05) is 37.2 Å². The van der Waals surface area contributed by atoms with E-state index in [4.69, 9.17) is 11.6 Å². The average Bonchev–Trinajstić information content (AvgIpc) is 3.19. The van der Waals surface area contributed by atoms with Crippen molar-refractivity contribution in [2.45, 2.75) is 17.7 Å². The number of hydrogen-bond donors (Lipinski definition) is 3. The number of benzene rings is 2. The number of alkyl halides is 2. The van der Waals surface area contributed by atoms with E-state index < -0.39 is 39.7 Å². The first-order valence-electron chi connectivity index (χ1n) is 10.9. The van der Waals surface area contributed by atoms with E-state index >= 15 is 0 Å². The number of aromatic nitrogens is 4. The number of fused-ring (bicyclic) bond motifs is 1. The molecule has 0 saturated heterocycles. The quantitative estimate of drug-likeness (QED) is 0.279. The molecule has 2 heterocycles. The molecule has 0 aliphatic heterocycles. The molecule has 37 heavy (non-hydrogen) atoms. The zero-order valence-electron chi connectivity index (χ0n) is 20.0. The summed E-state index contributed by atoms with van der Waals surface area (Å²) in [5.41, 5.74) is 1.53. The molecule has 4 rings (SSSR count). The Bertz CT molecular complexity index is 1540. The topological polar surface area (TPSA) is 116 Å². The molecular weight excluding hydrogens is 531 g/mol. The number of H-pyrrole nitrogens is 1. The Morgan fingerprint density at radius 3 is 2.49 bits per heavy atom. The van der Waals surface area contributed by atoms with E-state index in [1.165, 1.54) is 29.2 Å². The number of anilines is 2. The predicted octanol–water partition coefficient (Wildman–Crippen LogP) is 4.53. The van der Waals surface area contributed by atoms with Gasteiger partial charge in [-0.15, -0.1) is 0 Å². The third-order valence-electron chi connectivity index (χ3n) is 5.26. The summed E-state index contributed by atoms with van der Waals surface area (Å²) in [4.78, 5) is 9.66. The van der Waals surface area contributed by atoms with E-state index in [0.717, 1.165) is 6.07 Å². The van der Waals surface area contributed by atoms with Crippen molar-refractivity contribution in [3.63, 3.8) is 0 Å². The van der Waals surface area contributed by atoms with E-state index in [0.29, 0.717) is 22.3 Å². The van der Waals surface area contributed by atoms with E-state index in [2.05, 4.69) is 30.2 Å². The fraction of sp³-hybridized carbons (Fsp3) is 0.261. The van der Waals surface area contributed by atoms with Gasteiger partial charge in [0.1, 0.15) is 10.7 Å². The average molecular weight is 554 g/mol. The fourth-order valence-corrected chi connectivity index (χ4v) is 5.05. The monoisotopic (exact) mass is 553 g/mol. The van der Waals surface area contributed by atoms with Gasteiger partial charge < -0.3 is 10.2 Å². The highest BCUT2D eigenvalue weighted by Crippen LogP contribution is 2.29. The molecule has 0 fully saturated rings. The molecule has 14 heteroatoms. The summed E-state index contributed by atoms with van der Waals surface area (Å²) in [5, 5.41) is 9.75. The van der Waals surface area contributed by atoms with Crippen molar-refractivity contribution in [1.82, 2.24) is 25.1 Å². The van der Waals surface area contributed by atoms with Crippen LogP contribution in [0.2, 0.25) is 5.02 Å². The Hall–Kier alpha value is -3.42. The Balaban J connectivity index is 1.61. The maximum Gasteiger partial charge on any atom is 0.277 e. The SMILES string of the molecule is Cc1n[nH]c2nc(-c3ccc(NS(=O)(=O)c4cccc(Cl)c4F)cc3)nc(NCC(F)(F)CN(C)C)c12. The number of nitrogens with one attached hydrogen (secondary N) is 3. The van der Waals surface area contributed by atoms with Gasteiger partial charge in [-0.3, -0.25) is 9.82 Å². The van der Waals surface area contributed by atoms with Crippen LogP contribution in [0.5, 0.6) is 0 Å². The van der Waals surface area contributed by atoms with Crippen LogP contribution in [0, 0.1) is 12.7 Å². The first-order valence-corrected chi connectivity index (χ1v) is 12.8. The summed E-state index contributed by atoms with van der Waals surface area (Å²) in [6.45, 7) is 0.610. The van der Waals surface area contributed by atoms with Gasteiger partial charge in [-0.05, 0) is 57.4 Å². The van der Waals surface area contributed by atoms with Crippen LogP contribution >= 0.6 is 11.6 Å². The molecule has 196 valence electrons. The van der Waals surface area contributed by atoms with Gasteiger partial charge >= 0.3 is 0 Å². The number of aryl methyl sites for hydroxylation is 1. The van der Waals surface area contributed by atoms with Crippen molar-refractivity contribution in [3.8, 4) is 11.4 Å². The smallest absolute Gasteiger partial charge is 0.277 e. The fourth-order valence-electron chi connectivity index (χ4n) is 3.65.